The van der Waals surface area contributed by atoms with Gasteiger partial charge in [0.05, 0.1) is 12.7 Å². The summed E-state index contributed by atoms with van der Waals surface area (Å²) in [5.41, 5.74) is 1.16. The van der Waals surface area contributed by atoms with Crippen molar-refractivity contribution in [2.24, 2.45) is 0 Å². The Labute approximate surface area is 121 Å². The van der Waals surface area contributed by atoms with Crippen LogP contribution in [0.2, 0.25) is 0 Å². The van der Waals surface area contributed by atoms with E-state index in [4.69, 9.17) is 9.84 Å². The van der Waals surface area contributed by atoms with Gasteiger partial charge in [-0.15, -0.1) is 0 Å². The Bertz CT molecular complexity index is 438. The standard InChI is InChI=1S/C14H18BrNO3/c15-12-5-2-1-4-11(12)13-10-16(8-9-19-13)7-3-6-14(17)18/h1-2,4-5,13H,3,6-10H2,(H,17,18)/t13-/m1/s1. The fourth-order valence-corrected chi connectivity index (χ4v) is 2.82. The average molecular weight is 328 g/mol. The van der Waals surface area contributed by atoms with Crippen molar-refractivity contribution in [1.29, 1.82) is 0 Å². The molecule has 104 valence electrons. The third-order valence-corrected chi connectivity index (χ3v) is 3.99. The van der Waals surface area contributed by atoms with Crippen molar-refractivity contribution in [2.75, 3.05) is 26.2 Å². The minimum Gasteiger partial charge on any atom is -0.481 e. The first-order valence-electron chi connectivity index (χ1n) is 6.47. The summed E-state index contributed by atoms with van der Waals surface area (Å²) in [6, 6.07) is 8.07. The van der Waals surface area contributed by atoms with Crippen LogP contribution in [0.4, 0.5) is 0 Å². The van der Waals surface area contributed by atoms with Crippen LogP contribution in [-0.2, 0) is 9.53 Å². The van der Waals surface area contributed by atoms with Crippen LogP contribution in [0.1, 0.15) is 24.5 Å². The highest BCUT2D eigenvalue weighted by Gasteiger charge is 2.23. The van der Waals surface area contributed by atoms with E-state index < -0.39 is 5.97 Å². The van der Waals surface area contributed by atoms with E-state index in [9.17, 15) is 4.79 Å². The second kappa shape index (κ2) is 7.03. The number of carboxylic acids is 1. The molecule has 1 aliphatic heterocycles. The molecule has 0 unspecified atom stereocenters. The van der Waals surface area contributed by atoms with Gasteiger partial charge in [0.1, 0.15) is 0 Å². The lowest BCUT2D eigenvalue weighted by atomic mass is 10.1. The second-order valence-corrected chi connectivity index (χ2v) is 5.53. The lowest BCUT2D eigenvalue weighted by molar-refractivity contribution is -0.137. The number of rotatable bonds is 5. The zero-order valence-electron chi connectivity index (χ0n) is 10.7. The zero-order valence-corrected chi connectivity index (χ0v) is 12.3. The molecule has 1 aliphatic rings. The van der Waals surface area contributed by atoms with Gasteiger partial charge in [-0.2, -0.15) is 0 Å². The minimum atomic E-state index is -0.726. The van der Waals surface area contributed by atoms with Gasteiger partial charge in [0.25, 0.3) is 0 Å². The highest BCUT2D eigenvalue weighted by Crippen LogP contribution is 2.28. The van der Waals surface area contributed by atoms with Crippen molar-refractivity contribution in [3.05, 3.63) is 34.3 Å². The molecule has 2 rings (SSSR count). The van der Waals surface area contributed by atoms with Crippen molar-refractivity contribution in [3.8, 4) is 0 Å². The number of carbonyl (C=O) groups is 1. The predicted molar refractivity (Wildman–Crippen MR) is 76.1 cm³/mol. The second-order valence-electron chi connectivity index (χ2n) is 4.68. The minimum absolute atomic E-state index is 0.0640. The van der Waals surface area contributed by atoms with Gasteiger partial charge in [-0.05, 0) is 24.6 Å². The first-order valence-corrected chi connectivity index (χ1v) is 7.26. The molecule has 1 heterocycles. The summed E-state index contributed by atoms with van der Waals surface area (Å²) in [6.07, 6.45) is 0.990. The molecule has 1 atom stereocenters. The molecule has 0 spiro atoms. The number of halogens is 1. The molecule has 4 nitrogen and oxygen atoms in total. The van der Waals surface area contributed by atoms with E-state index >= 15 is 0 Å². The maximum absolute atomic E-state index is 10.5. The molecule has 1 aromatic rings. The van der Waals surface area contributed by atoms with Gasteiger partial charge < -0.3 is 9.84 Å². The third kappa shape index (κ3) is 4.30. The van der Waals surface area contributed by atoms with E-state index in [0.29, 0.717) is 13.0 Å². The Kier molecular flexibility index (Phi) is 5.36. The SMILES string of the molecule is O=C(O)CCCN1CCO[C@@H](c2ccccc2Br)C1. The fraction of sp³-hybridized carbons (Fsp3) is 0.500. The monoisotopic (exact) mass is 327 g/mol. The van der Waals surface area contributed by atoms with Crippen molar-refractivity contribution < 1.29 is 14.6 Å². The van der Waals surface area contributed by atoms with Crippen molar-refractivity contribution in [1.82, 2.24) is 4.90 Å². The number of carboxylic acid groups (broad SMARTS) is 1. The lowest BCUT2D eigenvalue weighted by Crippen LogP contribution is -2.39. The molecule has 0 aromatic heterocycles. The van der Waals surface area contributed by atoms with Crippen LogP contribution in [0.25, 0.3) is 0 Å². The highest BCUT2D eigenvalue weighted by molar-refractivity contribution is 9.10. The molecule has 1 fully saturated rings. The number of morpholine rings is 1. The van der Waals surface area contributed by atoms with Crippen LogP contribution in [-0.4, -0.2) is 42.2 Å². The predicted octanol–water partition coefficient (Wildman–Crippen LogP) is 2.69. The van der Waals surface area contributed by atoms with Crippen molar-refractivity contribution >= 4 is 21.9 Å². The van der Waals surface area contributed by atoms with Crippen LogP contribution < -0.4 is 0 Å². The number of hydrogen-bond donors (Lipinski definition) is 1. The van der Waals surface area contributed by atoms with Crippen LogP contribution in [0, 0.1) is 0 Å². The summed E-state index contributed by atoms with van der Waals surface area (Å²) in [7, 11) is 0. The molecular formula is C14H18BrNO3. The number of benzene rings is 1. The van der Waals surface area contributed by atoms with Crippen molar-refractivity contribution in [3.63, 3.8) is 0 Å². The molecule has 0 amide bonds. The van der Waals surface area contributed by atoms with E-state index in [1.54, 1.807) is 0 Å². The maximum Gasteiger partial charge on any atom is 0.303 e. The molecule has 0 bridgehead atoms. The first-order chi connectivity index (χ1) is 9.16. The first kappa shape index (κ1) is 14.5. The van der Waals surface area contributed by atoms with Gasteiger partial charge in [0.15, 0.2) is 0 Å². The highest BCUT2D eigenvalue weighted by atomic mass is 79.9. The van der Waals surface area contributed by atoms with Crippen molar-refractivity contribution in [2.45, 2.75) is 18.9 Å². The summed E-state index contributed by atoms with van der Waals surface area (Å²) >= 11 is 3.55. The summed E-state index contributed by atoms with van der Waals surface area (Å²) in [5, 5.41) is 8.66. The quantitative estimate of drug-likeness (QED) is 0.903. The van der Waals surface area contributed by atoms with E-state index in [-0.39, 0.29) is 12.5 Å². The Morgan fingerprint density at radius 3 is 3.00 bits per heavy atom. The van der Waals surface area contributed by atoms with E-state index in [0.717, 1.165) is 29.7 Å². The third-order valence-electron chi connectivity index (χ3n) is 3.27. The Morgan fingerprint density at radius 1 is 1.47 bits per heavy atom. The van der Waals surface area contributed by atoms with Crippen LogP contribution in [0.3, 0.4) is 0 Å². The smallest absolute Gasteiger partial charge is 0.303 e. The number of aliphatic carboxylic acids is 1. The number of ether oxygens (including phenoxy) is 1. The number of hydrogen-bond acceptors (Lipinski definition) is 3. The van der Waals surface area contributed by atoms with Gasteiger partial charge in [0, 0.05) is 24.0 Å². The summed E-state index contributed by atoms with van der Waals surface area (Å²) in [6.45, 7) is 3.21. The molecule has 0 saturated carbocycles. The lowest BCUT2D eigenvalue weighted by Gasteiger charge is -2.33. The van der Waals surface area contributed by atoms with Crippen LogP contribution in [0.5, 0.6) is 0 Å². The molecule has 1 N–H and O–H groups in total. The largest absolute Gasteiger partial charge is 0.481 e. The maximum atomic E-state index is 10.5. The van der Waals surface area contributed by atoms with Gasteiger partial charge in [-0.1, -0.05) is 34.1 Å². The number of nitrogens with zero attached hydrogens (tertiary/aromatic N) is 1. The summed E-state index contributed by atoms with van der Waals surface area (Å²) in [4.78, 5) is 12.8. The zero-order chi connectivity index (χ0) is 13.7. The van der Waals surface area contributed by atoms with Crippen LogP contribution >= 0.6 is 15.9 Å². The Morgan fingerprint density at radius 2 is 2.26 bits per heavy atom. The van der Waals surface area contributed by atoms with Gasteiger partial charge in [-0.25, -0.2) is 0 Å². The topological polar surface area (TPSA) is 49.8 Å². The normalized spacial score (nSPS) is 20.4. The molecule has 0 radical (unpaired) electrons. The summed E-state index contributed by atoms with van der Waals surface area (Å²) in [5.74, 6) is -0.726. The molecule has 19 heavy (non-hydrogen) atoms. The van der Waals surface area contributed by atoms with Gasteiger partial charge in [0.2, 0.25) is 0 Å². The Balaban J connectivity index is 1.90. The average Bonchev–Trinajstić information content (AvgIpc) is 2.39. The van der Waals surface area contributed by atoms with E-state index in [1.165, 1.54) is 0 Å². The van der Waals surface area contributed by atoms with Crippen LogP contribution in [0.15, 0.2) is 28.7 Å². The molecule has 1 aromatic carbocycles. The molecule has 0 aliphatic carbocycles. The Hall–Kier alpha value is -0.910. The molecule has 5 heteroatoms. The summed E-state index contributed by atoms with van der Waals surface area (Å²) < 4.78 is 6.88. The van der Waals surface area contributed by atoms with Gasteiger partial charge in [-0.3, -0.25) is 9.69 Å². The van der Waals surface area contributed by atoms with E-state index in [2.05, 4.69) is 26.9 Å². The van der Waals surface area contributed by atoms with Gasteiger partial charge >= 0.3 is 5.97 Å². The molecule has 1 saturated heterocycles. The molecular weight excluding hydrogens is 310 g/mol. The van der Waals surface area contributed by atoms with E-state index in [1.807, 2.05) is 18.2 Å². The fourth-order valence-electron chi connectivity index (χ4n) is 2.28.